The number of hydrogen-bond acceptors (Lipinski definition) is 7. The van der Waals surface area contributed by atoms with E-state index in [2.05, 4.69) is 31.2 Å². The van der Waals surface area contributed by atoms with Crippen molar-refractivity contribution in [3.8, 4) is 0 Å². The van der Waals surface area contributed by atoms with Crippen molar-refractivity contribution in [2.45, 2.75) is 32.2 Å². The standard InChI is InChI=1S/C23H27FN6O/c1-16-9-20(29-23-4-3-19(24)13-27-23)10-21(28-16)18-5-7-30(15-18)14-17-11-25-22(26-12-17)6-8-31-2/h3-4,9-13,18H,5-8,14-15H2,1-2H3,(H,27,28,29)/t18-/m0/s1. The van der Waals surface area contributed by atoms with Gasteiger partial charge < -0.3 is 10.1 Å². The summed E-state index contributed by atoms with van der Waals surface area (Å²) in [6, 6.07) is 7.07. The largest absolute Gasteiger partial charge is 0.384 e. The summed E-state index contributed by atoms with van der Waals surface area (Å²) >= 11 is 0. The van der Waals surface area contributed by atoms with Crippen molar-refractivity contribution in [2.24, 2.45) is 0 Å². The topological polar surface area (TPSA) is 76.1 Å². The number of aryl methyl sites for hydroxylation is 1. The molecule has 1 aliphatic heterocycles. The first-order valence-corrected chi connectivity index (χ1v) is 10.5. The zero-order valence-corrected chi connectivity index (χ0v) is 17.9. The van der Waals surface area contributed by atoms with Gasteiger partial charge in [-0.3, -0.25) is 9.88 Å². The van der Waals surface area contributed by atoms with Gasteiger partial charge in [-0.15, -0.1) is 0 Å². The van der Waals surface area contributed by atoms with Gasteiger partial charge in [0.2, 0.25) is 0 Å². The van der Waals surface area contributed by atoms with E-state index in [1.54, 1.807) is 13.2 Å². The maximum absolute atomic E-state index is 13.1. The number of rotatable bonds is 8. The summed E-state index contributed by atoms with van der Waals surface area (Å²) in [6.45, 7) is 5.40. The number of pyridine rings is 2. The minimum atomic E-state index is -0.349. The molecular weight excluding hydrogens is 395 g/mol. The van der Waals surface area contributed by atoms with Crippen LogP contribution in [0.5, 0.6) is 0 Å². The highest BCUT2D eigenvalue weighted by Crippen LogP contribution is 2.29. The molecule has 1 fully saturated rings. The molecule has 162 valence electrons. The normalized spacial score (nSPS) is 16.5. The van der Waals surface area contributed by atoms with E-state index in [9.17, 15) is 4.39 Å². The lowest BCUT2D eigenvalue weighted by Crippen LogP contribution is -2.20. The summed E-state index contributed by atoms with van der Waals surface area (Å²) < 4.78 is 18.2. The zero-order chi connectivity index (χ0) is 21.6. The predicted molar refractivity (Wildman–Crippen MR) is 117 cm³/mol. The van der Waals surface area contributed by atoms with Gasteiger partial charge in [0, 0.05) is 67.6 Å². The molecule has 1 aliphatic rings. The number of ether oxygens (including phenoxy) is 1. The van der Waals surface area contributed by atoms with Crippen molar-refractivity contribution in [3.63, 3.8) is 0 Å². The van der Waals surface area contributed by atoms with Crippen molar-refractivity contribution in [2.75, 3.05) is 32.1 Å². The van der Waals surface area contributed by atoms with Crippen LogP contribution >= 0.6 is 0 Å². The van der Waals surface area contributed by atoms with Crippen LogP contribution in [-0.2, 0) is 17.7 Å². The SMILES string of the molecule is COCCc1ncc(CN2CC[C@H](c3cc(Nc4ccc(F)cn4)cc(C)n3)C2)cn1. The number of nitrogens with zero attached hydrogens (tertiary/aromatic N) is 5. The molecule has 0 spiro atoms. The highest BCUT2D eigenvalue weighted by atomic mass is 19.1. The van der Waals surface area contributed by atoms with Crippen LogP contribution in [0.15, 0.2) is 42.9 Å². The third kappa shape index (κ3) is 5.80. The second kappa shape index (κ2) is 9.89. The Hall–Kier alpha value is -2.97. The monoisotopic (exact) mass is 422 g/mol. The molecular formula is C23H27FN6O. The van der Waals surface area contributed by atoms with Crippen LogP contribution < -0.4 is 5.32 Å². The van der Waals surface area contributed by atoms with Crippen molar-refractivity contribution < 1.29 is 9.13 Å². The van der Waals surface area contributed by atoms with E-state index in [0.717, 1.165) is 60.9 Å². The van der Waals surface area contributed by atoms with Gasteiger partial charge in [0.05, 0.1) is 12.8 Å². The number of halogens is 1. The number of anilines is 2. The molecule has 3 aromatic heterocycles. The molecule has 0 saturated carbocycles. The molecule has 1 saturated heterocycles. The summed E-state index contributed by atoms with van der Waals surface area (Å²) in [5.74, 6) is 1.44. The molecule has 7 nitrogen and oxygen atoms in total. The Bertz CT molecular complexity index is 996. The van der Waals surface area contributed by atoms with Crippen molar-refractivity contribution in [3.05, 3.63) is 71.4 Å². The molecule has 4 heterocycles. The average Bonchev–Trinajstić information content (AvgIpc) is 3.23. The van der Waals surface area contributed by atoms with E-state index in [0.29, 0.717) is 18.3 Å². The molecule has 0 bridgehead atoms. The van der Waals surface area contributed by atoms with Gasteiger partial charge in [-0.1, -0.05) is 0 Å². The molecule has 31 heavy (non-hydrogen) atoms. The van der Waals surface area contributed by atoms with Crippen LogP contribution in [0.25, 0.3) is 0 Å². The van der Waals surface area contributed by atoms with E-state index < -0.39 is 0 Å². The number of aromatic nitrogens is 4. The van der Waals surface area contributed by atoms with Gasteiger partial charge >= 0.3 is 0 Å². The molecule has 4 rings (SSSR count). The second-order valence-corrected chi connectivity index (χ2v) is 7.88. The lowest BCUT2D eigenvalue weighted by Gasteiger charge is -2.17. The minimum absolute atomic E-state index is 0.349. The first-order chi connectivity index (χ1) is 15.1. The molecule has 1 atom stereocenters. The number of nitrogens with one attached hydrogen (secondary N) is 1. The molecule has 3 aromatic rings. The Kier molecular flexibility index (Phi) is 6.79. The summed E-state index contributed by atoms with van der Waals surface area (Å²) in [6.07, 6.45) is 6.81. The number of likely N-dealkylation sites (tertiary alicyclic amines) is 1. The Balaban J connectivity index is 1.38. The third-order valence-corrected chi connectivity index (χ3v) is 5.36. The van der Waals surface area contributed by atoms with E-state index in [4.69, 9.17) is 9.72 Å². The number of hydrogen-bond donors (Lipinski definition) is 1. The first kappa shape index (κ1) is 21.3. The smallest absolute Gasteiger partial charge is 0.141 e. The Morgan fingerprint density at radius 2 is 2.00 bits per heavy atom. The van der Waals surface area contributed by atoms with Crippen molar-refractivity contribution in [1.82, 2.24) is 24.8 Å². The fourth-order valence-corrected chi connectivity index (χ4v) is 3.83. The first-order valence-electron chi connectivity index (χ1n) is 10.5. The van der Waals surface area contributed by atoms with Crippen molar-refractivity contribution >= 4 is 11.5 Å². The van der Waals surface area contributed by atoms with Gasteiger partial charge in [0.15, 0.2) is 0 Å². The van der Waals surface area contributed by atoms with Gasteiger partial charge in [-0.05, 0) is 44.2 Å². The summed E-state index contributed by atoms with van der Waals surface area (Å²) in [5, 5.41) is 3.25. The van der Waals surface area contributed by atoms with E-state index >= 15 is 0 Å². The minimum Gasteiger partial charge on any atom is -0.384 e. The maximum Gasteiger partial charge on any atom is 0.141 e. The third-order valence-electron chi connectivity index (χ3n) is 5.36. The highest BCUT2D eigenvalue weighted by molar-refractivity contribution is 5.57. The summed E-state index contributed by atoms with van der Waals surface area (Å²) in [7, 11) is 1.68. The summed E-state index contributed by atoms with van der Waals surface area (Å²) in [5.41, 5.74) is 4.04. The Labute approximate surface area is 181 Å². The van der Waals surface area contributed by atoms with Crippen molar-refractivity contribution in [1.29, 1.82) is 0 Å². The van der Waals surface area contributed by atoms with Gasteiger partial charge in [0.1, 0.15) is 17.5 Å². The average molecular weight is 423 g/mol. The molecule has 0 aromatic carbocycles. The van der Waals surface area contributed by atoms with Gasteiger partial charge in [0.25, 0.3) is 0 Å². The quantitative estimate of drug-likeness (QED) is 0.594. The lowest BCUT2D eigenvalue weighted by atomic mass is 10.0. The maximum atomic E-state index is 13.1. The van der Waals surface area contributed by atoms with Crippen LogP contribution in [0.3, 0.4) is 0 Å². The lowest BCUT2D eigenvalue weighted by molar-refractivity contribution is 0.200. The highest BCUT2D eigenvalue weighted by Gasteiger charge is 2.25. The van der Waals surface area contributed by atoms with Crippen LogP contribution in [0.4, 0.5) is 15.9 Å². The fraction of sp³-hybridized carbons (Fsp3) is 0.391. The molecule has 8 heteroatoms. The molecule has 0 unspecified atom stereocenters. The van der Waals surface area contributed by atoms with Crippen LogP contribution in [-0.4, -0.2) is 51.6 Å². The Morgan fingerprint density at radius 1 is 1.16 bits per heavy atom. The van der Waals surface area contributed by atoms with Crippen LogP contribution in [0.2, 0.25) is 0 Å². The summed E-state index contributed by atoms with van der Waals surface area (Å²) in [4.78, 5) is 20.1. The molecule has 0 aliphatic carbocycles. The van der Waals surface area contributed by atoms with Gasteiger partial charge in [-0.2, -0.15) is 0 Å². The number of methoxy groups -OCH3 is 1. The molecule has 0 amide bonds. The predicted octanol–water partition coefficient (Wildman–Crippen LogP) is 3.64. The van der Waals surface area contributed by atoms with E-state index in [-0.39, 0.29) is 5.82 Å². The zero-order valence-electron chi connectivity index (χ0n) is 17.9. The molecule has 0 radical (unpaired) electrons. The fourth-order valence-electron chi connectivity index (χ4n) is 3.83. The van der Waals surface area contributed by atoms with Gasteiger partial charge in [-0.25, -0.2) is 19.3 Å². The second-order valence-electron chi connectivity index (χ2n) is 7.88. The molecule has 1 N–H and O–H groups in total. The van der Waals surface area contributed by atoms with E-state index in [1.165, 1.54) is 12.3 Å². The van der Waals surface area contributed by atoms with E-state index in [1.807, 2.05) is 25.4 Å². The van der Waals surface area contributed by atoms with Crippen LogP contribution in [0.1, 0.15) is 35.1 Å². The Morgan fingerprint density at radius 3 is 2.74 bits per heavy atom. The van der Waals surface area contributed by atoms with Crippen LogP contribution in [0, 0.1) is 12.7 Å².